The molecule has 0 aliphatic carbocycles. The highest BCUT2D eigenvalue weighted by Crippen LogP contribution is 2.28. The number of hydrogen-bond acceptors (Lipinski definition) is 4. The largest absolute Gasteiger partial charge is 0.493 e. The van der Waals surface area contributed by atoms with Gasteiger partial charge in [-0.05, 0) is 62.7 Å². The maximum absolute atomic E-state index is 5.66. The zero-order valence-electron chi connectivity index (χ0n) is 19.4. The fraction of sp³-hybridized carbons (Fsp3) is 0.458. The molecule has 0 spiro atoms. The van der Waals surface area contributed by atoms with Gasteiger partial charge < -0.3 is 25.0 Å². The molecule has 0 heterocycles. The van der Waals surface area contributed by atoms with Crippen molar-refractivity contribution in [1.29, 1.82) is 0 Å². The van der Waals surface area contributed by atoms with Gasteiger partial charge in [-0.15, -0.1) is 24.0 Å². The van der Waals surface area contributed by atoms with Crippen LogP contribution >= 0.6 is 24.0 Å². The first-order chi connectivity index (χ1) is 14.5. The van der Waals surface area contributed by atoms with Crippen LogP contribution in [0.1, 0.15) is 30.0 Å². The lowest BCUT2D eigenvalue weighted by molar-refractivity contribution is 0.310. The number of aryl methyl sites for hydroxylation is 1. The lowest BCUT2D eigenvalue weighted by Gasteiger charge is -2.14. The molecular formula is C24H37IN4O2. The second-order valence-electron chi connectivity index (χ2n) is 7.43. The van der Waals surface area contributed by atoms with Crippen LogP contribution < -0.4 is 20.1 Å². The Bertz CT molecular complexity index is 812. The van der Waals surface area contributed by atoms with E-state index in [1.807, 2.05) is 13.0 Å². The van der Waals surface area contributed by atoms with Gasteiger partial charge >= 0.3 is 0 Å². The molecule has 7 heteroatoms. The Balaban J connectivity index is 0.00000480. The number of nitrogens with one attached hydrogen (secondary N) is 2. The van der Waals surface area contributed by atoms with Crippen LogP contribution in [0.3, 0.4) is 0 Å². The van der Waals surface area contributed by atoms with Gasteiger partial charge in [-0.1, -0.05) is 30.3 Å². The summed E-state index contributed by atoms with van der Waals surface area (Å²) < 4.78 is 11.0. The molecule has 0 saturated carbocycles. The molecule has 2 rings (SSSR count). The van der Waals surface area contributed by atoms with Crippen molar-refractivity contribution in [2.45, 2.75) is 32.9 Å². The zero-order chi connectivity index (χ0) is 21.8. The maximum Gasteiger partial charge on any atom is 0.191 e. The third kappa shape index (κ3) is 9.78. The fourth-order valence-corrected chi connectivity index (χ4v) is 3.25. The van der Waals surface area contributed by atoms with Crippen molar-refractivity contribution in [2.24, 2.45) is 4.99 Å². The second-order valence-corrected chi connectivity index (χ2v) is 7.43. The summed E-state index contributed by atoms with van der Waals surface area (Å²) in [6, 6.07) is 14.8. The van der Waals surface area contributed by atoms with Gasteiger partial charge in [0.15, 0.2) is 17.5 Å². The molecule has 0 aliphatic rings. The Morgan fingerprint density at radius 2 is 1.77 bits per heavy atom. The summed E-state index contributed by atoms with van der Waals surface area (Å²) in [5.74, 6) is 2.40. The van der Waals surface area contributed by atoms with Gasteiger partial charge in [0, 0.05) is 26.7 Å². The molecule has 0 aliphatic heterocycles. The monoisotopic (exact) mass is 540 g/mol. The van der Waals surface area contributed by atoms with E-state index in [1.54, 1.807) is 14.2 Å². The number of nitrogens with zero attached hydrogens (tertiary/aromatic N) is 2. The Labute approximate surface area is 204 Å². The predicted octanol–water partition coefficient (Wildman–Crippen LogP) is 4.07. The highest BCUT2D eigenvalue weighted by atomic mass is 127. The molecule has 2 aromatic carbocycles. The van der Waals surface area contributed by atoms with Crippen molar-refractivity contribution < 1.29 is 9.47 Å². The van der Waals surface area contributed by atoms with E-state index in [4.69, 9.17) is 9.47 Å². The third-order valence-corrected chi connectivity index (χ3v) is 4.64. The summed E-state index contributed by atoms with van der Waals surface area (Å²) in [7, 11) is 7.63. The fourth-order valence-electron chi connectivity index (χ4n) is 3.25. The Morgan fingerprint density at radius 1 is 1.00 bits per heavy atom. The van der Waals surface area contributed by atoms with Gasteiger partial charge in [-0.2, -0.15) is 0 Å². The van der Waals surface area contributed by atoms with Crippen LogP contribution in [0.15, 0.2) is 47.5 Å². The van der Waals surface area contributed by atoms with Gasteiger partial charge in [-0.3, -0.25) is 4.99 Å². The minimum Gasteiger partial charge on any atom is -0.493 e. The first-order valence-corrected chi connectivity index (χ1v) is 10.5. The molecule has 0 amide bonds. The van der Waals surface area contributed by atoms with Crippen molar-refractivity contribution >= 4 is 29.9 Å². The molecular weight excluding hydrogens is 503 g/mol. The van der Waals surface area contributed by atoms with E-state index < -0.39 is 0 Å². The van der Waals surface area contributed by atoms with Gasteiger partial charge in [0.1, 0.15) is 0 Å². The molecule has 0 radical (unpaired) electrons. The minimum atomic E-state index is 0. The van der Waals surface area contributed by atoms with Gasteiger partial charge in [0.25, 0.3) is 0 Å². The van der Waals surface area contributed by atoms with E-state index in [-0.39, 0.29) is 24.0 Å². The Kier molecular flexibility index (Phi) is 13.0. The van der Waals surface area contributed by atoms with E-state index in [9.17, 15) is 0 Å². The molecule has 0 atom stereocenters. The van der Waals surface area contributed by atoms with Crippen molar-refractivity contribution in [3.05, 3.63) is 59.2 Å². The van der Waals surface area contributed by atoms with E-state index in [1.165, 1.54) is 16.7 Å². The highest BCUT2D eigenvalue weighted by Gasteiger charge is 2.06. The molecule has 0 fully saturated rings. The number of ether oxygens (including phenoxy) is 2. The van der Waals surface area contributed by atoms with Gasteiger partial charge in [0.2, 0.25) is 0 Å². The molecule has 6 nitrogen and oxygen atoms in total. The maximum atomic E-state index is 5.66. The lowest BCUT2D eigenvalue weighted by Crippen LogP contribution is -2.37. The highest BCUT2D eigenvalue weighted by molar-refractivity contribution is 14.0. The average Bonchev–Trinajstić information content (AvgIpc) is 2.73. The molecule has 31 heavy (non-hydrogen) atoms. The Morgan fingerprint density at radius 3 is 2.45 bits per heavy atom. The van der Waals surface area contributed by atoms with Crippen LogP contribution in [0.4, 0.5) is 0 Å². The summed E-state index contributed by atoms with van der Waals surface area (Å²) in [5, 5.41) is 6.79. The normalized spacial score (nSPS) is 11.1. The molecule has 2 aromatic rings. The lowest BCUT2D eigenvalue weighted by atomic mass is 10.1. The summed E-state index contributed by atoms with van der Waals surface area (Å²) >= 11 is 0. The number of hydrogen-bond donors (Lipinski definition) is 2. The molecule has 0 aromatic heterocycles. The predicted molar refractivity (Wildman–Crippen MR) is 140 cm³/mol. The van der Waals surface area contributed by atoms with Crippen LogP contribution in [0, 0.1) is 0 Å². The molecule has 2 N–H and O–H groups in total. The van der Waals surface area contributed by atoms with Gasteiger partial charge in [0.05, 0.1) is 13.7 Å². The van der Waals surface area contributed by atoms with Crippen LogP contribution in [0.2, 0.25) is 0 Å². The standard InChI is InChI=1S/C24H36N4O2.HI/c1-6-30-23-16-19(12-13-22(23)29-5)11-8-14-26-24(25-2)27-17-20-9-7-10-21(15-20)18-28(3)4;/h7,9-10,12-13,15-16H,6,8,11,14,17-18H2,1-5H3,(H2,25,26,27);1H. The van der Waals surface area contributed by atoms with Gasteiger partial charge in [-0.25, -0.2) is 0 Å². The van der Waals surface area contributed by atoms with Crippen LogP contribution in [-0.4, -0.2) is 52.3 Å². The SMILES string of the molecule is CCOc1cc(CCCNC(=NC)NCc2cccc(CN(C)C)c2)ccc1OC.I. The third-order valence-electron chi connectivity index (χ3n) is 4.64. The number of halogens is 1. The smallest absolute Gasteiger partial charge is 0.191 e. The zero-order valence-corrected chi connectivity index (χ0v) is 21.7. The first kappa shape index (κ1) is 27.0. The number of guanidine groups is 1. The first-order valence-electron chi connectivity index (χ1n) is 10.5. The minimum absolute atomic E-state index is 0. The second kappa shape index (κ2) is 14.9. The van der Waals surface area contributed by atoms with Crippen LogP contribution in [-0.2, 0) is 19.5 Å². The molecule has 0 saturated heterocycles. The van der Waals surface area contributed by atoms with E-state index in [2.05, 4.69) is 71.0 Å². The summed E-state index contributed by atoms with van der Waals surface area (Å²) in [6.45, 7) is 5.14. The van der Waals surface area contributed by atoms with Crippen molar-refractivity contribution in [1.82, 2.24) is 15.5 Å². The quantitative estimate of drug-likeness (QED) is 0.195. The Hall–Kier alpha value is -2.00. The summed E-state index contributed by atoms with van der Waals surface area (Å²) in [4.78, 5) is 6.50. The van der Waals surface area contributed by atoms with Crippen LogP contribution in [0.5, 0.6) is 11.5 Å². The number of aliphatic imine (C=N–C) groups is 1. The van der Waals surface area contributed by atoms with Crippen molar-refractivity contribution in [3.63, 3.8) is 0 Å². The van der Waals surface area contributed by atoms with Crippen LogP contribution in [0.25, 0.3) is 0 Å². The van der Waals surface area contributed by atoms with E-state index >= 15 is 0 Å². The van der Waals surface area contributed by atoms with E-state index in [0.717, 1.165) is 49.9 Å². The van der Waals surface area contributed by atoms with Crippen molar-refractivity contribution in [2.75, 3.05) is 41.4 Å². The van der Waals surface area contributed by atoms with Crippen molar-refractivity contribution in [3.8, 4) is 11.5 Å². The molecule has 172 valence electrons. The molecule has 0 bridgehead atoms. The summed E-state index contributed by atoms with van der Waals surface area (Å²) in [6.07, 6.45) is 1.96. The topological polar surface area (TPSA) is 58.1 Å². The number of methoxy groups -OCH3 is 1. The number of rotatable bonds is 11. The molecule has 0 unspecified atom stereocenters. The van der Waals surface area contributed by atoms with E-state index in [0.29, 0.717) is 6.61 Å². The summed E-state index contributed by atoms with van der Waals surface area (Å²) in [5.41, 5.74) is 3.80. The average molecular weight is 540 g/mol. The number of benzene rings is 2.